The molecule has 2 nitrogen and oxygen atoms in total. The lowest BCUT2D eigenvalue weighted by Gasteiger charge is -2.27. The molecule has 0 fully saturated rings. The molecule has 0 saturated carbocycles. The summed E-state index contributed by atoms with van der Waals surface area (Å²) < 4.78 is 2.26. The molecular weight excluding hydrogens is 423 g/mol. The van der Waals surface area contributed by atoms with Gasteiger partial charge >= 0.3 is 0 Å². The third-order valence-corrected chi connectivity index (χ3v) is 7.37. The molecule has 0 radical (unpaired) electrons. The number of anilines is 1. The van der Waals surface area contributed by atoms with Gasteiger partial charge in [-0.2, -0.15) is 4.58 Å². The Hall–Kier alpha value is -2.29. The minimum Gasteiger partial charge on any atom is -0.347 e. The number of rotatable bonds is 4. The van der Waals surface area contributed by atoms with Gasteiger partial charge in [-0.05, 0) is 69.2 Å². The van der Waals surface area contributed by atoms with E-state index in [0.717, 1.165) is 16.5 Å². The number of likely N-dealkylation sites (N-methyl/N-ethyl adjacent to an activating group) is 1. The second-order valence-electron chi connectivity index (χ2n) is 9.19. The predicted octanol–water partition coefficient (Wildman–Crippen LogP) is 7.42. The number of halogens is 2. The van der Waals surface area contributed by atoms with Crippen molar-refractivity contribution < 1.29 is 4.58 Å². The predicted molar refractivity (Wildman–Crippen MR) is 135 cm³/mol. The monoisotopic (exact) mass is 451 g/mol. The zero-order valence-electron chi connectivity index (χ0n) is 18.8. The van der Waals surface area contributed by atoms with E-state index in [-0.39, 0.29) is 10.8 Å². The fourth-order valence-corrected chi connectivity index (χ4v) is 5.56. The molecular formula is C27H29Cl2N2+. The average Bonchev–Trinajstić information content (AvgIpc) is 3.02. The highest BCUT2D eigenvalue weighted by Crippen LogP contribution is 2.50. The first-order valence-electron chi connectivity index (χ1n) is 10.6. The van der Waals surface area contributed by atoms with Crippen LogP contribution in [0.4, 0.5) is 11.4 Å². The van der Waals surface area contributed by atoms with Gasteiger partial charge in [-0.15, -0.1) is 6.58 Å². The fourth-order valence-electron chi connectivity index (χ4n) is 5.22. The maximum absolute atomic E-state index is 6.34. The summed E-state index contributed by atoms with van der Waals surface area (Å²) in [6, 6.07) is 12.3. The van der Waals surface area contributed by atoms with Crippen molar-refractivity contribution in [1.82, 2.24) is 0 Å². The Kier molecular flexibility index (Phi) is 5.44. The lowest BCUT2D eigenvalue weighted by Crippen LogP contribution is -2.27. The van der Waals surface area contributed by atoms with E-state index < -0.39 is 0 Å². The summed E-state index contributed by atoms with van der Waals surface area (Å²) in [5.41, 5.74) is 7.10. The number of fused-ring (bicyclic) bond motifs is 2. The summed E-state index contributed by atoms with van der Waals surface area (Å²) in [6.45, 7) is 10.8. The van der Waals surface area contributed by atoms with Gasteiger partial charge in [0.25, 0.3) is 0 Å². The number of nitrogens with zero attached hydrogens (tertiary/aromatic N) is 2. The minimum atomic E-state index is -0.167. The van der Waals surface area contributed by atoms with Crippen LogP contribution >= 0.6 is 23.2 Å². The molecule has 1 atom stereocenters. The van der Waals surface area contributed by atoms with Crippen LogP contribution in [0.2, 0.25) is 10.0 Å². The van der Waals surface area contributed by atoms with Crippen molar-refractivity contribution in [3.8, 4) is 0 Å². The standard InChI is InChI=1S/C27H29Cl2N2/c1-7-15-27(4)21-17-19(29)12-14-23(21)31(6)25(27)10-8-9-24-26(2,3)20-16-18(28)11-13-22(20)30(24)5/h7-14,16-17H,1,15H2,2-6H3/q+1. The smallest absolute Gasteiger partial charge is 0.209 e. The highest BCUT2D eigenvalue weighted by Gasteiger charge is 2.43. The van der Waals surface area contributed by atoms with Crippen molar-refractivity contribution in [3.05, 3.63) is 94.2 Å². The van der Waals surface area contributed by atoms with E-state index in [1.54, 1.807) is 0 Å². The van der Waals surface area contributed by atoms with Crippen molar-refractivity contribution in [2.75, 3.05) is 19.0 Å². The molecule has 2 heterocycles. The second-order valence-corrected chi connectivity index (χ2v) is 10.1. The Balaban J connectivity index is 1.74. The number of allylic oxidation sites excluding steroid dienone is 5. The van der Waals surface area contributed by atoms with Gasteiger partial charge in [0.15, 0.2) is 5.71 Å². The first-order valence-corrected chi connectivity index (χ1v) is 11.3. The molecule has 2 aromatic carbocycles. The van der Waals surface area contributed by atoms with E-state index in [1.165, 1.54) is 33.9 Å². The van der Waals surface area contributed by atoms with Crippen LogP contribution in [0.5, 0.6) is 0 Å². The molecule has 0 saturated heterocycles. The highest BCUT2D eigenvalue weighted by atomic mass is 35.5. The van der Waals surface area contributed by atoms with E-state index in [9.17, 15) is 0 Å². The van der Waals surface area contributed by atoms with E-state index in [0.29, 0.717) is 0 Å². The van der Waals surface area contributed by atoms with Gasteiger partial charge in [0.05, 0.1) is 5.41 Å². The molecule has 0 aromatic heterocycles. The zero-order chi connectivity index (χ0) is 22.6. The second kappa shape index (κ2) is 7.69. The molecule has 1 unspecified atom stereocenters. The average molecular weight is 452 g/mol. The van der Waals surface area contributed by atoms with Gasteiger partial charge in [0, 0.05) is 51.6 Å². The van der Waals surface area contributed by atoms with Gasteiger partial charge in [-0.25, -0.2) is 0 Å². The quantitative estimate of drug-likeness (QED) is 0.346. The Bertz CT molecular complexity index is 1170. The molecule has 0 aliphatic carbocycles. The summed E-state index contributed by atoms with van der Waals surface area (Å²) in [6.07, 6.45) is 9.45. The largest absolute Gasteiger partial charge is 0.347 e. The van der Waals surface area contributed by atoms with Crippen molar-refractivity contribution in [2.45, 2.75) is 38.0 Å². The molecule has 0 bridgehead atoms. The van der Waals surface area contributed by atoms with Crippen LogP contribution in [-0.4, -0.2) is 24.4 Å². The third kappa shape index (κ3) is 3.37. The maximum Gasteiger partial charge on any atom is 0.209 e. The highest BCUT2D eigenvalue weighted by molar-refractivity contribution is 6.31. The molecule has 160 valence electrons. The Morgan fingerprint density at radius 2 is 1.68 bits per heavy atom. The lowest BCUT2D eigenvalue weighted by atomic mass is 9.78. The first-order chi connectivity index (χ1) is 14.6. The van der Waals surface area contributed by atoms with Gasteiger partial charge in [0.1, 0.15) is 7.05 Å². The summed E-state index contributed by atoms with van der Waals surface area (Å²) in [5.74, 6) is 0. The molecule has 2 aliphatic heterocycles. The molecule has 0 amide bonds. The van der Waals surface area contributed by atoms with Crippen LogP contribution in [-0.2, 0) is 10.8 Å². The molecule has 2 aliphatic rings. The normalized spacial score (nSPS) is 23.1. The van der Waals surface area contributed by atoms with E-state index in [1.807, 2.05) is 18.2 Å². The summed E-state index contributed by atoms with van der Waals surface area (Å²) in [4.78, 5) is 2.27. The Morgan fingerprint density at radius 3 is 2.35 bits per heavy atom. The number of hydrogen-bond donors (Lipinski definition) is 0. The maximum atomic E-state index is 6.34. The SMILES string of the molecule is C=CCC1(C)/C(=C\C=C\C2=[N+](C)c3ccc(Cl)cc3C2(C)C)N(C)c2ccc(Cl)cc21. The van der Waals surface area contributed by atoms with Crippen molar-refractivity contribution in [2.24, 2.45) is 0 Å². The molecule has 4 heteroatoms. The summed E-state index contributed by atoms with van der Waals surface area (Å²) in [5, 5.41) is 1.54. The zero-order valence-corrected chi connectivity index (χ0v) is 20.3. The molecule has 0 spiro atoms. The Morgan fingerprint density at radius 1 is 1.03 bits per heavy atom. The van der Waals surface area contributed by atoms with Crippen LogP contribution in [0.3, 0.4) is 0 Å². The van der Waals surface area contributed by atoms with E-state index in [2.05, 4.69) is 93.4 Å². The van der Waals surface area contributed by atoms with Crippen LogP contribution in [0, 0.1) is 0 Å². The fraction of sp³-hybridized carbons (Fsp3) is 0.296. The topological polar surface area (TPSA) is 6.25 Å². The van der Waals surface area contributed by atoms with Gasteiger partial charge in [-0.1, -0.05) is 35.4 Å². The third-order valence-electron chi connectivity index (χ3n) is 6.90. The summed E-state index contributed by atoms with van der Waals surface area (Å²) in [7, 11) is 4.24. The first kappa shape index (κ1) is 21.9. The summed E-state index contributed by atoms with van der Waals surface area (Å²) >= 11 is 12.6. The molecule has 31 heavy (non-hydrogen) atoms. The number of benzene rings is 2. The van der Waals surface area contributed by atoms with Crippen LogP contribution < -0.4 is 4.90 Å². The van der Waals surface area contributed by atoms with Gasteiger partial charge in [0.2, 0.25) is 5.69 Å². The van der Waals surface area contributed by atoms with Crippen molar-refractivity contribution in [3.63, 3.8) is 0 Å². The lowest BCUT2D eigenvalue weighted by molar-refractivity contribution is -0.401. The molecule has 2 aromatic rings. The number of hydrogen-bond acceptors (Lipinski definition) is 1. The van der Waals surface area contributed by atoms with Gasteiger partial charge in [-0.3, -0.25) is 0 Å². The van der Waals surface area contributed by atoms with Crippen LogP contribution in [0.25, 0.3) is 0 Å². The minimum absolute atomic E-state index is 0.119. The molecule has 0 N–H and O–H groups in total. The van der Waals surface area contributed by atoms with Gasteiger partial charge < -0.3 is 4.90 Å². The molecule has 4 rings (SSSR count). The van der Waals surface area contributed by atoms with Crippen LogP contribution in [0.15, 0.2) is 73.0 Å². The van der Waals surface area contributed by atoms with Crippen molar-refractivity contribution >= 4 is 40.3 Å². The van der Waals surface area contributed by atoms with E-state index >= 15 is 0 Å². The van der Waals surface area contributed by atoms with E-state index in [4.69, 9.17) is 23.2 Å². The van der Waals surface area contributed by atoms with Crippen LogP contribution in [0.1, 0.15) is 38.3 Å². The Labute approximate surface area is 195 Å². The van der Waals surface area contributed by atoms with Crippen molar-refractivity contribution in [1.29, 1.82) is 0 Å².